The van der Waals surface area contributed by atoms with Crippen molar-refractivity contribution in [1.29, 1.82) is 0 Å². The summed E-state index contributed by atoms with van der Waals surface area (Å²) >= 11 is 4.81. The van der Waals surface area contributed by atoms with E-state index in [9.17, 15) is 8.78 Å². The summed E-state index contributed by atoms with van der Waals surface area (Å²) in [5.41, 5.74) is 0.522. The van der Waals surface area contributed by atoms with Crippen LogP contribution in [0.1, 0.15) is 22.0 Å². The van der Waals surface area contributed by atoms with Crippen LogP contribution in [-0.4, -0.2) is 7.05 Å². The van der Waals surface area contributed by atoms with Crippen LogP contribution in [0.15, 0.2) is 28.1 Å². The van der Waals surface area contributed by atoms with Crippen molar-refractivity contribution < 1.29 is 8.78 Å². The van der Waals surface area contributed by atoms with Crippen LogP contribution in [-0.2, 0) is 0 Å². The first kappa shape index (κ1) is 13.6. The Balaban J connectivity index is 2.55. The molecule has 0 aliphatic rings. The van der Waals surface area contributed by atoms with Crippen molar-refractivity contribution in [2.24, 2.45) is 0 Å². The van der Waals surface area contributed by atoms with Crippen molar-refractivity contribution in [3.63, 3.8) is 0 Å². The van der Waals surface area contributed by atoms with Crippen molar-refractivity contribution in [3.8, 4) is 0 Å². The summed E-state index contributed by atoms with van der Waals surface area (Å²) in [5.74, 6) is -1.01. The van der Waals surface area contributed by atoms with Crippen LogP contribution in [0.2, 0.25) is 0 Å². The molecule has 0 aliphatic heterocycles. The van der Waals surface area contributed by atoms with Crippen molar-refractivity contribution >= 4 is 27.3 Å². The second kappa shape index (κ2) is 5.47. The monoisotopic (exact) mass is 331 g/mol. The van der Waals surface area contributed by atoms with Crippen molar-refractivity contribution in [2.45, 2.75) is 13.0 Å². The summed E-state index contributed by atoms with van der Waals surface area (Å²) in [6, 6.07) is 4.15. The van der Waals surface area contributed by atoms with E-state index in [0.717, 1.165) is 9.35 Å². The maximum absolute atomic E-state index is 14.1. The van der Waals surface area contributed by atoms with Crippen LogP contribution in [0, 0.1) is 18.6 Å². The average molecular weight is 332 g/mol. The highest BCUT2D eigenvalue weighted by Crippen LogP contribution is 2.33. The van der Waals surface area contributed by atoms with Gasteiger partial charge < -0.3 is 5.32 Å². The maximum Gasteiger partial charge on any atom is 0.134 e. The molecule has 1 nitrogen and oxygen atoms in total. The van der Waals surface area contributed by atoms with Gasteiger partial charge in [-0.2, -0.15) is 0 Å². The minimum Gasteiger partial charge on any atom is -0.308 e. The fourth-order valence-electron chi connectivity index (χ4n) is 1.85. The van der Waals surface area contributed by atoms with Gasteiger partial charge in [-0.1, -0.05) is 6.07 Å². The molecule has 0 aliphatic carbocycles. The van der Waals surface area contributed by atoms with Crippen LogP contribution in [0.25, 0.3) is 0 Å². The minimum absolute atomic E-state index is 0.0758. The molecule has 0 bridgehead atoms. The van der Waals surface area contributed by atoms with Crippen molar-refractivity contribution in [2.75, 3.05) is 7.05 Å². The van der Waals surface area contributed by atoms with E-state index in [2.05, 4.69) is 21.2 Å². The van der Waals surface area contributed by atoms with E-state index >= 15 is 0 Å². The van der Waals surface area contributed by atoms with Gasteiger partial charge in [-0.3, -0.25) is 0 Å². The number of aryl methyl sites for hydroxylation is 1. The van der Waals surface area contributed by atoms with Gasteiger partial charge in [0.15, 0.2) is 0 Å². The van der Waals surface area contributed by atoms with Gasteiger partial charge in [-0.15, -0.1) is 11.3 Å². The topological polar surface area (TPSA) is 12.0 Å². The molecule has 0 amide bonds. The molecule has 0 saturated heterocycles. The molecule has 5 heteroatoms. The fourth-order valence-corrected chi connectivity index (χ4v) is 3.41. The molecule has 0 saturated carbocycles. The summed E-state index contributed by atoms with van der Waals surface area (Å²) in [5, 5.41) is 4.86. The van der Waals surface area contributed by atoms with Gasteiger partial charge in [0.1, 0.15) is 11.6 Å². The zero-order valence-corrected chi connectivity index (χ0v) is 12.3. The van der Waals surface area contributed by atoms with Gasteiger partial charge in [0, 0.05) is 20.3 Å². The average Bonchev–Trinajstić information content (AvgIpc) is 2.76. The Morgan fingerprint density at radius 1 is 1.33 bits per heavy atom. The Morgan fingerprint density at radius 2 is 2.06 bits per heavy atom. The standard InChI is InChI=1S/C13H12BrF2NS/c1-7-3-4-9(15)11(12(7)16)13(17-2)10-5-8(14)6-18-10/h3-6,13,17H,1-2H3. The first-order chi connectivity index (χ1) is 8.54. The summed E-state index contributed by atoms with van der Waals surface area (Å²) in [6.07, 6.45) is 0. The lowest BCUT2D eigenvalue weighted by Gasteiger charge is -2.17. The van der Waals surface area contributed by atoms with E-state index < -0.39 is 17.7 Å². The molecule has 1 aromatic heterocycles. The van der Waals surface area contributed by atoms with Crippen molar-refractivity contribution in [1.82, 2.24) is 5.32 Å². The normalized spacial score (nSPS) is 12.7. The molecular weight excluding hydrogens is 320 g/mol. The summed E-state index contributed by atoms with van der Waals surface area (Å²) in [4.78, 5) is 0.868. The molecular formula is C13H12BrF2NS. The van der Waals surface area contributed by atoms with Crippen LogP contribution < -0.4 is 5.32 Å². The van der Waals surface area contributed by atoms with Gasteiger partial charge >= 0.3 is 0 Å². The summed E-state index contributed by atoms with van der Waals surface area (Å²) in [7, 11) is 1.69. The van der Waals surface area contributed by atoms with Crippen LogP contribution in [0.3, 0.4) is 0 Å². The largest absolute Gasteiger partial charge is 0.308 e. The lowest BCUT2D eigenvalue weighted by atomic mass is 10.0. The molecule has 1 atom stereocenters. The molecule has 1 aromatic carbocycles. The highest BCUT2D eigenvalue weighted by Gasteiger charge is 2.23. The molecule has 2 aromatic rings. The molecule has 1 unspecified atom stereocenters. The molecule has 0 spiro atoms. The summed E-state index contributed by atoms with van der Waals surface area (Å²) < 4.78 is 28.9. The second-order valence-electron chi connectivity index (χ2n) is 3.98. The third-order valence-corrected chi connectivity index (χ3v) is 4.53. The smallest absolute Gasteiger partial charge is 0.134 e. The molecule has 2 rings (SSSR count). The Bertz CT molecular complexity index is 568. The first-order valence-electron chi connectivity index (χ1n) is 5.40. The van der Waals surface area contributed by atoms with E-state index in [1.165, 1.54) is 23.5 Å². The number of halogens is 3. The van der Waals surface area contributed by atoms with Crippen LogP contribution in [0.5, 0.6) is 0 Å². The van der Waals surface area contributed by atoms with Crippen molar-refractivity contribution in [3.05, 3.63) is 55.7 Å². The SMILES string of the molecule is CNC(c1cc(Br)cs1)c1c(F)ccc(C)c1F. The number of hydrogen-bond acceptors (Lipinski definition) is 2. The quantitative estimate of drug-likeness (QED) is 0.878. The molecule has 0 radical (unpaired) electrons. The third-order valence-electron chi connectivity index (χ3n) is 2.77. The van der Waals surface area contributed by atoms with Gasteiger partial charge in [-0.05, 0) is 47.6 Å². The van der Waals surface area contributed by atoms with E-state index in [1.807, 2.05) is 11.4 Å². The lowest BCUT2D eigenvalue weighted by Crippen LogP contribution is -2.20. The lowest BCUT2D eigenvalue weighted by molar-refractivity contribution is 0.520. The van der Waals surface area contributed by atoms with Gasteiger partial charge in [0.25, 0.3) is 0 Å². The predicted molar refractivity (Wildman–Crippen MR) is 74.0 cm³/mol. The second-order valence-corrected chi connectivity index (χ2v) is 5.84. The van der Waals surface area contributed by atoms with E-state index in [4.69, 9.17) is 0 Å². The summed E-state index contributed by atoms with van der Waals surface area (Å²) in [6.45, 7) is 1.63. The number of thiophene rings is 1. The molecule has 18 heavy (non-hydrogen) atoms. The van der Waals surface area contributed by atoms with E-state index in [0.29, 0.717) is 5.56 Å². The molecule has 1 heterocycles. The van der Waals surface area contributed by atoms with Crippen LogP contribution >= 0.6 is 27.3 Å². The van der Waals surface area contributed by atoms with Gasteiger partial charge in [0.2, 0.25) is 0 Å². The Kier molecular flexibility index (Phi) is 4.14. The minimum atomic E-state index is -0.526. The Morgan fingerprint density at radius 3 is 2.61 bits per heavy atom. The fraction of sp³-hybridized carbons (Fsp3) is 0.231. The first-order valence-corrected chi connectivity index (χ1v) is 7.07. The van der Waals surface area contributed by atoms with Crippen LogP contribution in [0.4, 0.5) is 8.78 Å². The van der Waals surface area contributed by atoms with Gasteiger partial charge in [0.05, 0.1) is 6.04 Å². The zero-order chi connectivity index (χ0) is 13.3. The Labute approximate surface area is 117 Å². The molecule has 96 valence electrons. The van der Waals surface area contributed by atoms with E-state index in [1.54, 1.807) is 14.0 Å². The van der Waals surface area contributed by atoms with Gasteiger partial charge in [-0.25, -0.2) is 8.78 Å². The number of nitrogens with one attached hydrogen (secondary N) is 1. The maximum atomic E-state index is 14.1. The molecule has 1 N–H and O–H groups in total. The highest BCUT2D eigenvalue weighted by molar-refractivity contribution is 9.10. The predicted octanol–water partition coefficient (Wildman–Crippen LogP) is 4.41. The number of rotatable bonds is 3. The highest BCUT2D eigenvalue weighted by atomic mass is 79.9. The Hall–Kier alpha value is -0.780. The third kappa shape index (κ3) is 2.48. The number of benzene rings is 1. The van der Waals surface area contributed by atoms with E-state index in [-0.39, 0.29) is 5.56 Å². The number of hydrogen-bond donors (Lipinski definition) is 1. The molecule has 0 fully saturated rings. The zero-order valence-electron chi connectivity index (χ0n) is 9.93.